The van der Waals surface area contributed by atoms with Gasteiger partial charge in [-0.05, 0) is 30.2 Å². The van der Waals surface area contributed by atoms with Gasteiger partial charge in [0.1, 0.15) is 0 Å². The van der Waals surface area contributed by atoms with Crippen LogP contribution in [0, 0.1) is 0 Å². The van der Waals surface area contributed by atoms with E-state index in [9.17, 15) is 4.79 Å². The molecule has 0 aliphatic carbocycles. The maximum atomic E-state index is 10.5. The number of nitrogens with zero attached hydrogens (tertiary/aromatic N) is 2. The van der Waals surface area contributed by atoms with Gasteiger partial charge in [-0.1, -0.05) is 17.7 Å². The Morgan fingerprint density at radius 2 is 2.29 bits per heavy atom. The standard InChI is InChI=1S/C12H11ClN2O2/c13-10-4-2-9(3-5-12(16)17)8-11(10)15-7-1-6-14-15/h1-2,4,6-8H,3,5H2,(H,16,17). The predicted octanol–water partition coefficient (Wildman–Crippen LogP) is 2.54. The molecule has 0 amide bonds. The van der Waals surface area contributed by atoms with E-state index in [1.165, 1.54) is 0 Å². The molecule has 0 bridgehead atoms. The highest BCUT2D eigenvalue weighted by Gasteiger charge is 2.06. The molecule has 4 nitrogen and oxygen atoms in total. The summed E-state index contributed by atoms with van der Waals surface area (Å²) in [6, 6.07) is 7.26. The van der Waals surface area contributed by atoms with Crippen LogP contribution in [0.4, 0.5) is 0 Å². The van der Waals surface area contributed by atoms with E-state index in [1.807, 2.05) is 12.1 Å². The van der Waals surface area contributed by atoms with E-state index in [-0.39, 0.29) is 6.42 Å². The number of aryl methyl sites for hydroxylation is 1. The lowest BCUT2D eigenvalue weighted by molar-refractivity contribution is -0.136. The minimum atomic E-state index is -0.805. The van der Waals surface area contributed by atoms with E-state index in [0.29, 0.717) is 11.4 Å². The molecule has 2 rings (SSSR count). The van der Waals surface area contributed by atoms with Crippen LogP contribution in [0.5, 0.6) is 0 Å². The van der Waals surface area contributed by atoms with E-state index < -0.39 is 5.97 Å². The Morgan fingerprint density at radius 1 is 1.47 bits per heavy atom. The second kappa shape index (κ2) is 5.01. The van der Waals surface area contributed by atoms with Crippen LogP contribution >= 0.6 is 11.6 Å². The van der Waals surface area contributed by atoms with Gasteiger partial charge in [0.25, 0.3) is 0 Å². The predicted molar refractivity (Wildman–Crippen MR) is 64.5 cm³/mol. The van der Waals surface area contributed by atoms with Gasteiger partial charge in [0.05, 0.1) is 10.7 Å². The molecule has 0 radical (unpaired) electrons. The Balaban J connectivity index is 2.27. The molecule has 0 atom stereocenters. The summed E-state index contributed by atoms with van der Waals surface area (Å²) in [7, 11) is 0. The molecule has 0 fully saturated rings. The number of aromatic nitrogens is 2. The van der Waals surface area contributed by atoms with Crippen LogP contribution in [0.3, 0.4) is 0 Å². The second-order valence-electron chi connectivity index (χ2n) is 3.63. The lowest BCUT2D eigenvalue weighted by Gasteiger charge is -2.07. The van der Waals surface area contributed by atoms with Crippen molar-refractivity contribution in [3.8, 4) is 5.69 Å². The summed E-state index contributed by atoms with van der Waals surface area (Å²) in [5, 5.41) is 13.3. The monoisotopic (exact) mass is 250 g/mol. The first-order valence-corrected chi connectivity index (χ1v) is 5.55. The van der Waals surface area contributed by atoms with Crippen LogP contribution in [0.2, 0.25) is 5.02 Å². The molecule has 1 heterocycles. The smallest absolute Gasteiger partial charge is 0.303 e. The van der Waals surface area contributed by atoms with Gasteiger partial charge in [-0.2, -0.15) is 5.10 Å². The zero-order chi connectivity index (χ0) is 12.3. The molecule has 0 aliphatic rings. The number of benzene rings is 1. The van der Waals surface area contributed by atoms with Crippen molar-refractivity contribution in [1.29, 1.82) is 0 Å². The molecular weight excluding hydrogens is 240 g/mol. The summed E-state index contributed by atoms with van der Waals surface area (Å²) >= 11 is 6.07. The highest BCUT2D eigenvalue weighted by molar-refractivity contribution is 6.32. The quantitative estimate of drug-likeness (QED) is 0.907. The van der Waals surface area contributed by atoms with Crippen molar-refractivity contribution >= 4 is 17.6 Å². The van der Waals surface area contributed by atoms with Gasteiger partial charge < -0.3 is 5.11 Å². The molecule has 1 aromatic heterocycles. The SMILES string of the molecule is O=C(O)CCc1ccc(Cl)c(-n2cccn2)c1. The number of aliphatic carboxylic acids is 1. The topological polar surface area (TPSA) is 55.1 Å². The average molecular weight is 251 g/mol. The van der Waals surface area contributed by atoms with Crippen molar-refractivity contribution in [3.63, 3.8) is 0 Å². The fourth-order valence-corrected chi connectivity index (χ4v) is 1.76. The van der Waals surface area contributed by atoms with Crippen molar-refractivity contribution in [2.45, 2.75) is 12.8 Å². The molecule has 0 spiro atoms. The third-order valence-corrected chi connectivity index (χ3v) is 2.71. The first-order valence-electron chi connectivity index (χ1n) is 5.17. The summed E-state index contributed by atoms with van der Waals surface area (Å²) in [6.45, 7) is 0. The Bertz CT molecular complexity index is 523. The largest absolute Gasteiger partial charge is 0.481 e. The Morgan fingerprint density at radius 3 is 2.94 bits per heavy atom. The van der Waals surface area contributed by atoms with Crippen molar-refractivity contribution in [2.75, 3.05) is 0 Å². The van der Waals surface area contributed by atoms with E-state index >= 15 is 0 Å². The highest BCUT2D eigenvalue weighted by atomic mass is 35.5. The normalized spacial score (nSPS) is 10.4. The minimum Gasteiger partial charge on any atom is -0.481 e. The van der Waals surface area contributed by atoms with Crippen LogP contribution in [0.1, 0.15) is 12.0 Å². The summed E-state index contributed by atoms with van der Waals surface area (Å²) in [5.41, 5.74) is 1.70. The third-order valence-electron chi connectivity index (χ3n) is 2.39. The lowest BCUT2D eigenvalue weighted by Crippen LogP contribution is -2.00. The molecule has 0 saturated carbocycles. The van der Waals surface area contributed by atoms with Gasteiger partial charge in [0, 0.05) is 18.8 Å². The summed E-state index contributed by atoms with van der Waals surface area (Å²) < 4.78 is 1.66. The molecule has 0 unspecified atom stereocenters. The van der Waals surface area contributed by atoms with Crippen molar-refractivity contribution in [1.82, 2.24) is 9.78 Å². The molecule has 0 aliphatic heterocycles. The molecule has 5 heteroatoms. The molecule has 1 N–H and O–H groups in total. The van der Waals surface area contributed by atoms with Crippen LogP contribution in [-0.2, 0) is 11.2 Å². The maximum absolute atomic E-state index is 10.5. The number of carboxylic acid groups (broad SMARTS) is 1. The molecule has 1 aromatic carbocycles. The first-order chi connectivity index (χ1) is 8.16. The molecule has 88 valence electrons. The molecule has 2 aromatic rings. The van der Waals surface area contributed by atoms with Gasteiger partial charge in [0.2, 0.25) is 0 Å². The summed E-state index contributed by atoms with van der Waals surface area (Å²) in [4.78, 5) is 10.5. The van der Waals surface area contributed by atoms with E-state index in [2.05, 4.69) is 5.10 Å². The van der Waals surface area contributed by atoms with E-state index in [1.54, 1.807) is 29.2 Å². The first kappa shape index (κ1) is 11.7. The van der Waals surface area contributed by atoms with Crippen molar-refractivity contribution in [3.05, 3.63) is 47.2 Å². The highest BCUT2D eigenvalue weighted by Crippen LogP contribution is 2.21. The number of halogens is 1. The molecular formula is C12H11ClN2O2. The fourth-order valence-electron chi connectivity index (χ4n) is 1.55. The molecule has 0 saturated heterocycles. The maximum Gasteiger partial charge on any atom is 0.303 e. The van der Waals surface area contributed by atoms with Crippen LogP contribution in [0.25, 0.3) is 5.69 Å². The van der Waals surface area contributed by atoms with Gasteiger partial charge in [-0.15, -0.1) is 0 Å². The zero-order valence-electron chi connectivity index (χ0n) is 9.01. The number of carboxylic acids is 1. The fraction of sp³-hybridized carbons (Fsp3) is 0.167. The van der Waals surface area contributed by atoms with Crippen LogP contribution < -0.4 is 0 Å². The van der Waals surface area contributed by atoms with Gasteiger partial charge in [-0.25, -0.2) is 4.68 Å². The van der Waals surface area contributed by atoms with Crippen LogP contribution in [0.15, 0.2) is 36.7 Å². The van der Waals surface area contributed by atoms with Crippen molar-refractivity contribution in [2.24, 2.45) is 0 Å². The minimum absolute atomic E-state index is 0.111. The number of hydrogen-bond acceptors (Lipinski definition) is 2. The summed E-state index contributed by atoms with van der Waals surface area (Å²) in [6.07, 6.45) is 4.06. The second-order valence-corrected chi connectivity index (χ2v) is 4.04. The number of carbonyl (C=O) groups is 1. The Hall–Kier alpha value is -1.81. The van der Waals surface area contributed by atoms with Gasteiger partial charge in [0.15, 0.2) is 0 Å². The van der Waals surface area contributed by atoms with E-state index in [4.69, 9.17) is 16.7 Å². The average Bonchev–Trinajstić information content (AvgIpc) is 2.81. The number of hydrogen-bond donors (Lipinski definition) is 1. The Labute approximate surface area is 103 Å². The lowest BCUT2D eigenvalue weighted by atomic mass is 10.1. The summed E-state index contributed by atoms with van der Waals surface area (Å²) in [5.74, 6) is -0.805. The Kier molecular flexibility index (Phi) is 3.44. The van der Waals surface area contributed by atoms with E-state index in [0.717, 1.165) is 11.3 Å². The van der Waals surface area contributed by atoms with Gasteiger partial charge in [-0.3, -0.25) is 4.79 Å². The third kappa shape index (κ3) is 2.85. The van der Waals surface area contributed by atoms with Gasteiger partial charge >= 0.3 is 5.97 Å². The van der Waals surface area contributed by atoms with Crippen molar-refractivity contribution < 1.29 is 9.90 Å². The number of rotatable bonds is 4. The molecule has 17 heavy (non-hydrogen) atoms. The zero-order valence-corrected chi connectivity index (χ0v) is 9.76. The van der Waals surface area contributed by atoms with Crippen LogP contribution in [-0.4, -0.2) is 20.9 Å².